The number of benzene rings is 1. The molecule has 0 radical (unpaired) electrons. The SMILES string of the molecule is COc1sc(C(=O)N2CCN(C(=O)c3ccc(F)cc3)CC2)cc1Br. The molecule has 0 bridgehead atoms. The lowest BCUT2D eigenvalue weighted by molar-refractivity contribution is 0.0538. The molecule has 2 aromatic rings. The number of ether oxygens (including phenoxy) is 1. The monoisotopic (exact) mass is 426 g/mol. The van der Waals surface area contributed by atoms with Crippen LogP contribution in [0.2, 0.25) is 0 Å². The van der Waals surface area contributed by atoms with E-state index in [2.05, 4.69) is 15.9 Å². The number of piperazine rings is 1. The molecule has 132 valence electrons. The molecule has 2 heterocycles. The molecule has 1 aromatic heterocycles. The second-order valence-corrected chi connectivity index (χ2v) is 7.41. The predicted molar refractivity (Wildman–Crippen MR) is 96.8 cm³/mol. The Kier molecular flexibility index (Phi) is 5.39. The molecule has 0 N–H and O–H groups in total. The molecule has 1 fully saturated rings. The molecule has 5 nitrogen and oxygen atoms in total. The summed E-state index contributed by atoms with van der Waals surface area (Å²) < 4.78 is 18.9. The molecular weight excluding hydrogens is 411 g/mol. The van der Waals surface area contributed by atoms with Crippen LogP contribution in [0.15, 0.2) is 34.8 Å². The van der Waals surface area contributed by atoms with E-state index in [9.17, 15) is 14.0 Å². The second-order valence-electron chi connectivity index (χ2n) is 5.54. The fraction of sp³-hybridized carbons (Fsp3) is 0.294. The summed E-state index contributed by atoms with van der Waals surface area (Å²) in [5.74, 6) is -0.583. The van der Waals surface area contributed by atoms with Gasteiger partial charge in [0.2, 0.25) is 0 Å². The first kappa shape index (κ1) is 17.9. The van der Waals surface area contributed by atoms with Crippen LogP contribution in [0.1, 0.15) is 20.0 Å². The van der Waals surface area contributed by atoms with Gasteiger partial charge in [0.05, 0.1) is 16.5 Å². The number of carbonyl (C=O) groups is 2. The number of carbonyl (C=O) groups excluding carboxylic acids is 2. The number of amides is 2. The van der Waals surface area contributed by atoms with Crippen LogP contribution >= 0.6 is 27.3 Å². The summed E-state index contributed by atoms with van der Waals surface area (Å²) >= 11 is 4.65. The van der Waals surface area contributed by atoms with E-state index in [0.717, 1.165) is 4.47 Å². The van der Waals surface area contributed by atoms with Gasteiger partial charge < -0.3 is 14.5 Å². The highest BCUT2D eigenvalue weighted by Gasteiger charge is 2.27. The number of nitrogens with zero attached hydrogens (tertiary/aromatic N) is 2. The maximum absolute atomic E-state index is 13.0. The third-order valence-corrected chi connectivity index (χ3v) is 5.93. The van der Waals surface area contributed by atoms with Crippen molar-refractivity contribution >= 4 is 39.1 Å². The van der Waals surface area contributed by atoms with Crippen molar-refractivity contribution in [3.8, 4) is 5.06 Å². The van der Waals surface area contributed by atoms with E-state index >= 15 is 0 Å². The minimum atomic E-state index is -0.371. The Bertz CT molecular complexity index is 786. The van der Waals surface area contributed by atoms with Gasteiger partial charge in [-0.05, 0) is 46.3 Å². The highest BCUT2D eigenvalue weighted by atomic mass is 79.9. The van der Waals surface area contributed by atoms with E-state index < -0.39 is 0 Å². The van der Waals surface area contributed by atoms with E-state index in [4.69, 9.17) is 4.74 Å². The molecule has 0 aliphatic carbocycles. The Hall–Kier alpha value is -1.93. The number of hydrogen-bond acceptors (Lipinski definition) is 4. The zero-order valence-corrected chi connectivity index (χ0v) is 15.9. The molecule has 2 amide bonds. The summed E-state index contributed by atoms with van der Waals surface area (Å²) in [6, 6.07) is 7.25. The van der Waals surface area contributed by atoms with E-state index in [1.54, 1.807) is 23.0 Å². The molecule has 0 unspecified atom stereocenters. The van der Waals surface area contributed by atoms with Crippen LogP contribution in [0.3, 0.4) is 0 Å². The number of hydrogen-bond donors (Lipinski definition) is 0. The molecule has 25 heavy (non-hydrogen) atoms. The van der Waals surface area contributed by atoms with Gasteiger partial charge in [-0.2, -0.15) is 0 Å². The fourth-order valence-corrected chi connectivity index (χ4v) is 4.26. The van der Waals surface area contributed by atoms with E-state index in [1.165, 1.54) is 35.6 Å². The Morgan fingerprint density at radius 3 is 2.16 bits per heavy atom. The van der Waals surface area contributed by atoms with Gasteiger partial charge in [0, 0.05) is 31.7 Å². The summed E-state index contributed by atoms with van der Waals surface area (Å²) in [7, 11) is 1.56. The van der Waals surface area contributed by atoms with Gasteiger partial charge in [-0.3, -0.25) is 9.59 Å². The molecular formula is C17H16BrFN2O3S. The first-order valence-corrected chi connectivity index (χ1v) is 9.28. The fourth-order valence-electron chi connectivity index (χ4n) is 2.64. The van der Waals surface area contributed by atoms with Crippen LogP contribution in [0.25, 0.3) is 0 Å². The first-order chi connectivity index (χ1) is 12.0. The van der Waals surface area contributed by atoms with Gasteiger partial charge in [-0.1, -0.05) is 11.3 Å². The lowest BCUT2D eigenvalue weighted by atomic mass is 10.1. The highest BCUT2D eigenvalue weighted by Crippen LogP contribution is 2.35. The zero-order chi connectivity index (χ0) is 18.0. The normalized spacial score (nSPS) is 14.5. The summed E-state index contributed by atoms with van der Waals surface area (Å²) in [5.41, 5.74) is 0.452. The smallest absolute Gasteiger partial charge is 0.264 e. The summed E-state index contributed by atoms with van der Waals surface area (Å²) in [6.45, 7) is 1.82. The van der Waals surface area contributed by atoms with Crippen LogP contribution in [0.4, 0.5) is 4.39 Å². The molecule has 0 atom stereocenters. The van der Waals surface area contributed by atoms with Gasteiger partial charge in [0.25, 0.3) is 11.8 Å². The molecule has 1 aliphatic rings. The van der Waals surface area contributed by atoms with Crippen LogP contribution < -0.4 is 4.74 Å². The van der Waals surface area contributed by atoms with Gasteiger partial charge in [0.15, 0.2) is 5.06 Å². The number of halogens is 2. The molecule has 0 saturated carbocycles. The first-order valence-electron chi connectivity index (χ1n) is 7.67. The largest absolute Gasteiger partial charge is 0.486 e. The second kappa shape index (κ2) is 7.53. The Morgan fingerprint density at radius 1 is 1.08 bits per heavy atom. The lowest BCUT2D eigenvalue weighted by Gasteiger charge is -2.34. The summed E-state index contributed by atoms with van der Waals surface area (Å²) in [5, 5.41) is 0.661. The maximum Gasteiger partial charge on any atom is 0.264 e. The molecule has 1 aromatic carbocycles. The third kappa shape index (κ3) is 3.85. The third-order valence-electron chi connectivity index (χ3n) is 4.00. The van der Waals surface area contributed by atoms with Crippen LogP contribution in [-0.4, -0.2) is 54.9 Å². The Labute approximate surface area is 157 Å². The topological polar surface area (TPSA) is 49.9 Å². The highest BCUT2D eigenvalue weighted by molar-refractivity contribution is 9.10. The van der Waals surface area contributed by atoms with Crippen LogP contribution in [-0.2, 0) is 0 Å². The van der Waals surface area contributed by atoms with Crippen molar-refractivity contribution in [1.29, 1.82) is 0 Å². The van der Waals surface area contributed by atoms with Crippen molar-refractivity contribution in [2.75, 3.05) is 33.3 Å². The molecule has 1 aliphatic heterocycles. The minimum absolute atomic E-state index is 0.0668. The Morgan fingerprint density at radius 2 is 1.64 bits per heavy atom. The van der Waals surface area contributed by atoms with Crippen molar-refractivity contribution in [3.05, 3.63) is 51.1 Å². The maximum atomic E-state index is 13.0. The molecule has 8 heteroatoms. The number of methoxy groups -OCH3 is 1. The van der Waals surface area contributed by atoms with Crippen molar-refractivity contribution < 1.29 is 18.7 Å². The average molecular weight is 427 g/mol. The summed E-state index contributed by atoms with van der Waals surface area (Å²) in [4.78, 5) is 29.0. The van der Waals surface area contributed by atoms with Crippen LogP contribution in [0.5, 0.6) is 5.06 Å². The summed E-state index contributed by atoms with van der Waals surface area (Å²) in [6.07, 6.45) is 0. The number of thiophene rings is 1. The van der Waals surface area contributed by atoms with Gasteiger partial charge in [-0.25, -0.2) is 4.39 Å². The van der Waals surface area contributed by atoms with Gasteiger partial charge >= 0.3 is 0 Å². The van der Waals surface area contributed by atoms with Gasteiger partial charge in [0.1, 0.15) is 5.82 Å². The average Bonchev–Trinajstić information content (AvgIpc) is 3.02. The molecule has 1 saturated heterocycles. The predicted octanol–water partition coefficient (Wildman–Crippen LogP) is 3.26. The van der Waals surface area contributed by atoms with Gasteiger partial charge in [-0.15, -0.1) is 0 Å². The van der Waals surface area contributed by atoms with Crippen LogP contribution in [0, 0.1) is 5.82 Å². The van der Waals surface area contributed by atoms with Crippen molar-refractivity contribution in [1.82, 2.24) is 9.80 Å². The molecule has 0 spiro atoms. The number of rotatable bonds is 3. The van der Waals surface area contributed by atoms with E-state index in [0.29, 0.717) is 41.7 Å². The van der Waals surface area contributed by atoms with E-state index in [1.807, 2.05) is 0 Å². The zero-order valence-electron chi connectivity index (χ0n) is 13.5. The van der Waals surface area contributed by atoms with Crippen molar-refractivity contribution in [2.45, 2.75) is 0 Å². The van der Waals surface area contributed by atoms with Crippen molar-refractivity contribution in [3.63, 3.8) is 0 Å². The van der Waals surface area contributed by atoms with E-state index in [-0.39, 0.29) is 17.6 Å². The standard InChI is InChI=1S/C17H16BrFN2O3S/c1-24-17-13(18)10-14(25-17)16(23)21-8-6-20(7-9-21)15(22)11-2-4-12(19)5-3-11/h2-5,10H,6-9H2,1H3. The Balaban J connectivity index is 1.62. The quantitative estimate of drug-likeness (QED) is 0.756. The lowest BCUT2D eigenvalue weighted by Crippen LogP contribution is -2.50. The molecule has 3 rings (SSSR count). The minimum Gasteiger partial charge on any atom is -0.486 e. The van der Waals surface area contributed by atoms with Crippen molar-refractivity contribution in [2.24, 2.45) is 0 Å².